The number of para-hydroxylation sites is 1. The van der Waals surface area contributed by atoms with Gasteiger partial charge in [0.1, 0.15) is 0 Å². The number of fused-ring (bicyclic) bond motifs is 1. The van der Waals surface area contributed by atoms with Gasteiger partial charge >= 0.3 is 0 Å². The van der Waals surface area contributed by atoms with Gasteiger partial charge in [-0.25, -0.2) is 13.4 Å². The van der Waals surface area contributed by atoms with E-state index in [-0.39, 0.29) is 4.90 Å². The van der Waals surface area contributed by atoms with Crippen LogP contribution in [-0.4, -0.2) is 18.0 Å². The zero-order valence-corrected chi connectivity index (χ0v) is 11.6. The lowest BCUT2D eigenvalue weighted by Crippen LogP contribution is -2.12. The highest BCUT2D eigenvalue weighted by molar-refractivity contribution is 7.92. The summed E-state index contributed by atoms with van der Waals surface area (Å²) in [6, 6.07) is 13.7. The molecule has 0 unspecified atom stereocenters. The van der Waals surface area contributed by atoms with Gasteiger partial charge in [-0.15, -0.1) is 0 Å². The van der Waals surface area contributed by atoms with Crippen LogP contribution in [0.25, 0.3) is 11.0 Å². The van der Waals surface area contributed by atoms with Crippen molar-refractivity contribution in [2.45, 2.75) is 4.90 Å². The minimum Gasteiger partial charge on any atom is -0.334 e. The molecule has 0 radical (unpaired) electrons. The number of imidazole rings is 1. The molecule has 0 aliphatic rings. The van der Waals surface area contributed by atoms with Crippen molar-refractivity contribution < 1.29 is 8.42 Å². The summed E-state index contributed by atoms with van der Waals surface area (Å²) in [4.78, 5) is 4.37. The molecule has 0 saturated carbocycles. The Balaban J connectivity index is 2.00. The SMILES string of the molecule is Cn1cnc2cc(S(=O)(=O)Nc3ccccc3)ccc21. The van der Waals surface area contributed by atoms with Crippen molar-refractivity contribution in [3.63, 3.8) is 0 Å². The number of rotatable bonds is 3. The van der Waals surface area contributed by atoms with Crippen LogP contribution in [0, 0.1) is 0 Å². The molecule has 20 heavy (non-hydrogen) atoms. The van der Waals surface area contributed by atoms with Crippen LogP contribution >= 0.6 is 0 Å². The molecule has 0 atom stereocenters. The highest BCUT2D eigenvalue weighted by Gasteiger charge is 2.15. The Morgan fingerprint density at radius 1 is 1.10 bits per heavy atom. The van der Waals surface area contributed by atoms with Gasteiger partial charge in [0.25, 0.3) is 10.0 Å². The van der Waals surface area contributed by atoms with Crippen molar-refractivity contribution in [3.05, 3.63) is 54.9 Å². The van der Waals surface area contributed by atoms with Crippen LogP contribution in [0.1, 0.15) is 0 Å². The molecule has 0 bridgehead atoms. The number of nitrogens with one attached hydrogen (secondary N) is 1. The lowest BCUT2D eigenvalue weighted by atomic mass is 10.3. The summed E-state index contributed by atoms with van der Waals surface area (Å²) in [6.45, 7) is 0. The van der Waals surface area contributed by atoms with Gasteiger partial charge in [0.2, 0.25) is 0 Å². The number of hydrogen-bond acceptors (Lipinski definition) is 3. The normalized spacial score (nSPS) is 11.7. The van der Waals surface area contributed by atoms with Gasteiger partial charge in [-0.1, -0.05) is 18.2 Å². The van der Waals surface area contributed by atoms with Crippen molar-refractivity contribution >= 4 is 26.7 Å². The first-order valence-electron chi connectivity index (χ1n) is 6.05. The first-order valence-corrected chi connectivity index (χ1v) is 7.53. The molecule has 0 amide bonds. The molecular weight excluding hydrogens is 274 g/mol. The van der Waals surface area contributed by atoms with E-state index in [4.69, 9.17) is 0 Å². The molecule has 1 heterocycles. The van der Waals surface area contributed by atoms with Crippen LogP contribution in [0.5, 0.6) is 0 Å². The number of aromatic nitrogens is 2. The van der Waals surface area contributed by atoms with E-state index in [0.29, 0.717) is 11.2 Å². The third-order valence-electron chi connectivity index (χ3n) is 3.03. The second-order valence-electron chi connectivity index (χ2n) is 4.48. The number of sulfonamides is 1. The topological polar surface area (TPSA) is 64.0 Å². The molecule has 1 N–H and O–H groups in total. The Bertz CT molecular complexity index is 855. The van der Waals surface area contributed by atoms with E-state index in [1.807, 2.05) is 17.7 Å². The Morgan fingerprint density at radius 3 is 2.60 bits per heavy atom. The molecule has 0 fully saturated rings. The fraction of sp³-hybridized carbons (Fsp3) is 0.0714. The summed E-state index contributed by atoms with van der Waals surface area (Å²) >= 11 is 0. The van der Waals surface area contributed by atoms with E-state index in [0.717, 1.165) is 5.52 Å². The molecule has 3 aromatic rings. The number of benzene rings is 2. The van der Waals surface area contributed by atoms with Crippen LogP contribution in [0.4, 0.5) is 5.69 Å². The number of hydrogen-bond donors (Lipinski definition) is 1. The highest BCUT2D eigenvalue weighted by Crippen LogP contribution is 2.20. The van der Waals surface area contributed by atoms with Crippen molar-refractivity contribution in [1.29, 1.82) is 0 Å². The third-order valence-corrected chi connectivity index (χ3v) is 4.41. The molecule has 0 saturated heterocycles. The summed E-state index contributed by atoms with van der Waals surface area (Å²) in [6.07, 6.45) is 1.66. The zero-order valence-electron chi connectivity index (χ0n) is 10.8. The Kier molecular flexibility index (Phi) is 2.94. The fourth-order valence-electron chi connectivity index (χ4n) is 2.00. The first kappa shape index (κ1) is 12.7. The summed E-state index contributed by atoms with van der Waals surface area (Å²) in [5.41, 5.74) is 2.08. The Hall–Kier alpha value is -2.34. The quantitative estimate of drug-likeness (QED) is 0.804. The molecule has 0 spiro atoms. The van der Waals surface area contributed by atoms with E-state index in [2.05, 4.69) is 9.71 Å². The largest absolute Gasteiger partial charge is 0.334 e. The fourth-order valence-corrected chi connectivity index (χ4v) is 3.08. The molecular formula is C14H13N3O2S. The predicted octanol–water partition coefficient (Wildman–Crippen LogP) is 2.37. The summed E-state index contributed by atoms with van der Waals surface area (Å²) in [5.74, 6) is 0. The molecule has 3 rings (SSSR count). The van der Waals surface area contributed by atoms with Gasteiger partial charge in [-0.05, 0) is 30.3 Å². The van der Waals surface area contributed by atoms with Gasteiger partial charge < -0.3 is 4.57 Å². The third kappa shape index (κ3) is 2.25. The van der Waals surface area contributed by atoms with Crippen molar-refractivity contribution in [2.75, 3.05) is 4.72 Å². The maximum absolute atomic E-state index is 12.3. The van der Waals surface area contributed by atoms with Crippen molar-refractivity contribution in [2.24, 2.45) is 7.05 Å². The second-order valence-corrected chi connectivity index (χ2v) is 6.16. The van der Waals surface area contributed by atoms with Crippen LogP contribution in [-0.2, 0) is 17.1 Å². The summed E-state index contributed by atoms with van der Waals surface area (Å²) < 4.78 is 29.0. The van der Waals surface area contributed by atoms with Gasteiger partial charge in [0.05, 0.1) is 22.3 Å². The molecule has 1 aromatic heterocycles. The van der Waals surface area contributed by atoms with Crippen LogP contribution in [0.3, 0.4) is 0 Å². The summed E-state index contributed by atoms with van der Waals surface area (Å²) in [7, 11) is -1.73. The van der Waals surface area contributed by atoms with E-state index < -0.39 is 10.0 Å². The van der Waals surface area contributed by atoms with Crippen molar-refractivity contribution in [3.8, 4) is 0 Å². The van der Waals surface area contributed by atoms with E-state index >= 15 is 0 Å². The highest BCUT2D eigenvalue weighted by atomic mass is 32.2. The number of nitrogens with zero attached hydrogens (tertiary/aromatic N) is 2. The average Bonchev–Trinajstić information content (AvgIpc) is 2.81. The predicted molar refractivity (Wildman–Crippen MR) is 78.0 cm³/mol. The molecule has 5 nitrogen and oxygen atoms in total. The second kappa shape index (κ2) is 4.64. The van der Waals surface area contributed by atoms with Crippen LogP contribution in [0.2, 0.25) is 0 Å². The molecule has 2 aromatic carbocycles. The maximum Gasteiger partial charge on any atom is 0.261 e. The molecule has 6 heteroatoms. The number of anilines is 1. The minimum atomic E-state index is -3.59. The van der Waals surface area contributed by atoms with Gasteiger partial charge in [-0.2, -0.15) is 0 Å². The van der Waals surface area contributed by atoms with E-state index in [1.165, 1.54) is 0 Å². The maximum atomic E-state index is 12.3. The number of aryl methyl sites for hydroxylation is 1. The minimum absolute atomic E-state index is 0.201. The monoisotopic (exact) mass is 287 g/mol. The van der Waals surface area contributed by atoms with Crippen molar-refractivity contribution in [1.82, 2.24) is 9.55 Å². The van der Waals surface area contributed by atoms with Crippen LogP contribution < -0.4 is 4.72 Å². The Labute approximate surface area is 116 Å². The lowest BCUT2D eigenvalue weighted by Gasteiger charge is -2.07. The first-order chi connectivity index (χ1) is 9.56. The lowest BCUT2D eigenvalue weighted by molar-refractivity contribution is 0.601. The standard InChI is InChI=1S/C14H13N3O2S/c1-17-10-15-13-9-12(7-8-14(13)17)20(18,19)16-11-5-3-2-4-6-11/h2-10,16H,1H3. The van der Waals surface area contributed by atoms with Gasteiger partial charge in [-0.3, -0.25) is 4.72 Å². The van der Waals surface area contributed by atoms with Gasteiger partial charge in [0, 0.05) is 12.7 Å². The van der Waals surface area contributed by atoms with E-state index in [9.17, 15) is 8.42 Å². The molecule has 102 valence electrons. The van der Waals surface area contributed by atoms with E-state index in [1.54, 1.807) is 48.8 Å². The Morgan fingerprint density at radius 2 is 1.85 bits per heavy atom. The molecule has 0 aliphatic carbocycles. The average molecular weight is 287 g/mol. The zero-order chi connectivity index (χ0) is 14.2. The van der Waals surface area contributed by atoms with Crippen LogP contribution in [0.15, 0.2) is 59.8 Å². The van der Waals surface area contributed by atoms with Gasteiger partial charge in [0.15, 0.2) is 0 Å². The summed E-state index contributed by atoms with van der Waals surface area (Å²) in [5, 5.41) is 0. The molecule has 0 aliphatic heterocycles. The smallest absolute Gasteiger partial charge is 0.261 e.